The Balaban J connectivity index is 2.50. The van der Waals surface area contributed by atoms with E-state index >= 15 is 0 Å². The minimum absolute atomic E-state index is 0.0189. The number of hydrogen-bond acceptors (Lipinski definition) is 5. The molecule has 0 aliphatic rings. The van der Waals surface area contributed by atoms with Gasteiger partial charge in [0.05, 0.1) is 5.92 Å². The Morgan fingerprint density at radius 3 is 2.85 bits per heavy atom. The molecular weight excluding hydrogens is 208 g/mol. The van der Waals surface area contributed by atoms with Gasteiger partial charge in [0, 0.05) is 5.25 Å². The number of carboxylic acids is 1. The van der Waals surface area contributed by atoms with Crippen LogP contribution < -0.4 is 0 Å². The van der Waals surface area contributed by atoms with Crippen LogP contribution in [-0.2, 0) is 4.79 Å². The van der Waals surface area contributed by atoms with Crippen LogP contribution in [0.15, 0.2) is 10.7 Å². The second-order valence-electron chi connectivity index (χ2n) is 2.66. The van der Waals surface area contributed by atoms with Crippen LogP contribution in [-0.4, -0.2) is 25.7 Å². The van der Waals surface area contributed by atoms with E-state index in [9.17, 15) is 4.79 Å². The van der Waals surface area contributed by atoms with E-state index in [0.717, 1.165) is 4.34 Å². The minimum atomic E-state index is -0.774. The number of thioether (sulfide) groups is 1. The maximum Gasteiger partial charge on any atom is 0.307 e. The van der Waals surface area contributed by atoms with Crippen LogP contribution in [0.3, 0.4) is 0 Å². The van der Waals surface area contributed by atoms with Crippen LogP contribution in [0, 0.1) is 5.92 Å². The average Bonchev–Trinajstić information content (AvgIpc) is 2.55. The standard InChI is InChI=1S/C7H10N2O2S2/c1-4(6(10)11)5(2)12-7-8-3-9-13-7/h3-5H,1-2H3,(H,10,11). The zero-order valence-electron chi connectivity index (χ0n) is 7.30. The molecule has 1 rings (SSSR count). The maximum absolute atomic E-state index is 10.6. The van der Waals surface area contributed by atoms with Gasteiger partial charge in [-0.3, -0.25) is 4.79 Å². The van der Waals surface area contributed by atoms with Gasteiger partial charge < -0.3 is 5.11 Å². The van der Waals surface area contributed by atoms with Crippen molar-refractivity contribution in [3.8, 4) is 0 Å². The molecule has 2 unspecified atom stereocenters. The molecule has 0 amide bonds. The molecule has 0 spiro atoms. The van der Waals surface area contributed by atoms with Crippen LogP contribution in [0.1, 0.15) is 13.8 Å². The van der Waals surface area contributed by atoms with E-state index in [-0.39, 0.29) is 11.2 Å². The molecule has 0 saturated carbocycles. The van der Waals surface area contributed by atoms with Crippen molar-refractivity contribution in [1.82, 2.24) is 9.36 Å². The number of aromatic nitrogens is 2. The fourth-order valence-electron chi connectivity index (χ4n) is 0.677. The molecule has 0 radical (unpaired) electrons. The lowest BCUT2D eigenvalue weighted by Gasteiger charge is -2.12. The summed E-state index contributed by atoms with van der Waals surface area (Å²) < 4.78 is 4.66. The summed E-state index contributed by atoms with van der Waals surface area (Å²) in [7, 11) is 0. The van der Waals surface area contributed by atoms with E-state index < -0.39 is 5.97 Å². The minimum Gasteiger partial charge on any atom is -0.481 e. The summed E-state index contributed by atoms with van der Waals surface area (Å²) in [6.45, 7) is 3.58. The predicted octanol–water partition coefficient (Wildman–Crippen LogP) is 1.74. The van der Waals surface area contributed by atoms with E-state index in [0.29, 0.717) is 0 Å². The zero-order valence-corrected chi connectivity index (χ0v) is 8.93. The first-order chi connectivity index (χ1) is 6.11. The smallest absolute Gasteiger partial charge is 0.307 e. The van der Waals surface area contributed by atoms with Crippen LogP contribution in [0.5, 0.6) is 0 Å². The Morgan fingerprint density at radius 2 is 2.38 bits per heavy atom. The molecule has 1 N–H and O–H groups in total. The number of carboxylic acid groups (broad SMARTS) is 1. The number of nitrogens with zero attached hydrogens (tertiary/aromatic N) is 2. The third-order valence-corrected chi connectivity index (χ3v) is 3.78. The topological polar surface area (TPSA) is 63.1 Å². The lowest BCUT2D eigenvalue weighted by molar-refractivity contribution is -0.140. The first-order valence-electron chi connectivity index (χ1n) is 3.77. The molecule has 0 aromatic carbocycles. The largest absolute Gasteiger partial charge is 0.481 e. The summed E-state index contributed by atoms with van der Waals surface area (Å²) >= 11 is 2.74. The summed E-state index contributed by atoms with van der Waals surface area (Å²) in [5, 5.41) is 8.75. The monoisotopic (exact) mass is 218 g/mol. The molecule has 6 heteroatoms. The highest BCUT2D eigenvalue weighted by molar-refractivity contribution is 8.01. The van der Waals surface area contributed by atoms with Crippen LogP contribution in [0.2, 0.25) is 0 Å². The van der Waals surface area contributed by atoms with Gasteiger partial charge in [-0.15, -0.1) is 0 Å². The predicted molar refractivity (Wildman–Crippen MR) is 52.0 cm³/mol. The Bertz CT molecular complexity index is 276. The fourth-order valence-corrected chi connectivity index (χ4v) is 2.46. The van der Waals surface area contributed by atoms with Gasteiger partial charge in [-0.1, -0.05) is 25.6 Å². The van der Waals surface area contributed by atoms with Gasteiger partial charge in [-0.2, -0.15) is 4.37 Å². The molecule has 1 aromatic rings. The highest BCUT2D eigenvalue weighted by atomic mass is 32.2. The number of rotatable bonds is 4. The number of carbonyl (C=O) groups is 1. The van der Waals surface area contributed by atoms with Gasteiger partial charge in [-0.05, 0) is 11.5 Å². The lowest BCUT2D eigenvalue weighted by atomic mass is 10.1. The van der Waals surface area contributed by atoms with E-state index in [1.807, 2.05) is 6.92 Å². The van der Waals surface area contributed by atoms with Gasteiger partial charge >= 0.3 is 5.97 Å². The lowest BCUT2D eigenvalue weighted by Crippen LogP contribution is -2.19. The third-order valence-electron chi connectivity index (χ3n) is 1.72. The van der Waals surface area contributed by atoms with Gasteiger partial charge in [-0.25, -0.2) is 4.98 Å². The zero-order chi connectivity index (χ0) is 9.84. The van der Waals surface area contributed by atoms with Crippen molar-refractivity contribution in [3.05, 3.63) is 6.33 Å². The molecule has 1 heterocycles. The Hall–Kier alpha value is -0.620. The Morgan fingerprint density at radius 1 is 1.69 bits per heavy atom. The van der Waals surface area contributed by atoms with Gasteiger partial charge in [0.1, 0.15) is 6.33 Å². The SMILES string of the molecule is CC(Sc1ncns1)C(C)C(=O)O. The second-order valence-corrected chi connectivity index (χ2v) is 5.06. The summed E-state index contributed by atoms with van der Waals surface area (Å²) in [6, 6.07) is 0. The van der Waals surface area contributed by atoms with Crippen molar-refractivity contribution in [2.75, 3.05) is 0 Å². The third kappa shape index (κ3) is 2.96. The quantitative estimate of drug-likeness (QED) is 0.780. The van der Waals surface area contributed by atoms with Crippen LogP contribution in [0.4, 0.5) is 0 Å². The molecule has 0 bridgehead atoms. The van der Waals surface area contributed by atoms with Crippen LogP contribution in [0.25, 0.3) is 0 Å². The second kappa shape index (κ2) is 4.57. The van der Waals surface area contributed by atoms with E-state index in [1.165, 1.54) is 29.6 Å². The molecular formula is C7H10N2O2S2. The highest BCUT2D eigenvalue weighted by Gasteiger charge is 2.21. The molecule has 2 atom stereocenters. The summed E-state index contributed by atoms with van der Waals surface area (Å²) in [4.78, 5) is 14.6. The Labute approximate surface area is 84.6 Å². The van der Waals surface area contributed by atoms with Gasteiger partial charge in [0.15, 0.2) is 4.34 Å². The highest BCUT2D eigenvalue weighted by Crippen LogP contribution is 2.28. The maximum atomic E-state index is 10.6. The molecule has 13 heavy (non-hydrogen) atoms. The molecule has 0 aliphatic heterocycles. The molecule has 0 fully saturated rings. The fraction of sp³-hybridized carbons (Fsp3) is 0.571. The first kappa shape index (κ1) is 10.5. The Kier molecular flexibility index (Phi) is 3.68. The number of aliphatic carboxylic acids is 1. The summed E-state index contributed by atoms with van der Waals surface area (Å²) in [5.41, 5.74) is 0. The van der Waals surface area contributed by atoms with Crippen molar-refractivity contribution in [3.63, 3.8) is 0 Å². The average molecular weight is 218 g/mol. The first-order valence-corrected chi connectivity index (χ1v) is 5.42. The van der Waals surface area contributed by atoms with Gasteiger partial charge in [0.2, 0.25) is 0 Å². The van der Waals surface area contributed by atoms with E-state index in [2.05, 4.69) is 9.36 Å². The van der Waals surface area contributed by atoms with E-state index in [4.69, 9.17) is 5.11 Å². The molecule has 1 aromatic heterocycles. The van der Waals surface area contributed by atoms with Crippen molar-refractivity contribution in [2.24, 2.45) is 5.92 Å². The molecule has 0 aliphatic carbocycles. The normalized spacial score (nSPS) is 15.2. The van der Waals surface area contributed by atoms with Crippen molar-refractivity contribution in [2.45, 2.75) is 23.4 Å². The summed E-state index contributed by atoms with van der Waals surface area (Å²) in [5.74, 6) is -1.14. The summed E-state index contributed by atoms with van der Waals surface area (Å²) in [6.07, 6.45) is 1.48. The molecule has 72 valence electrons. The van der Waals surface area contributed by atoms with Crippen molar-refractivity contribution < 1.29 is 9.90 Å². The van der Waals surface area contributed by atoms with Crippen molar-refractivity contribution in [1.29, 1.82) is 0 Å². The number of hydrogen-bond donors (Lipinski definition) is 1. The van der Waals surface area contributed by atoms with Crippen LogP contribution >= 0.6 is 23.3 Å². The molecule has 4 nitrogen and oxygen atoms in total. The van der Waals surface area contributed by atoms with Gasteiger partial charge in [0.25, 0.3) is 0 Å². The van der Waals surface area contributed by atoms with Crippen molar-refractivity contribution >= 4 is 29.3 Å². The van der Waals surface area contributed by atoms with E-state index in [1.54, 1.807) is 6.92 Å². The molecule has 0 saturated heterocycles.